The van der Waals surface area contributed by atoms with E-state index in [1.54, 1.807) is 18.2 Å². The fourth-order valence-electron chi connectivity index (χ4n) is 2.00. The number of rotatable bonds is 3. The minimum absolute atomic E-state index is 0.159. The Balaban J connectivity index is 2.63. The van der Waals surface area contributed by atoms with E-state index in [4.69, 9.17) is 104 Å². The summed E-state index contributed by atoms with van der Waals surface area (Å²) in [5, 5.41) is 13.0. The lowest BCUT2D eigenvalue weighted by atomic mass is 10.0. The van der Waals surface area contributed by atoms with Crippen molar-refractivity contribution in [2.75, 3.05) is 0 Å². The Morgan fingerprint density at radius 3 is 1.83 bits per heavy atom. The Labute approximate surface area is 183 Å². The second-order valence-electron chi connectivity index (χ2n) is 4.91. The second-order valence-corrected chi connectivity index (χ2v) is 11.2. The normalized spacial score (nSPS) is 14.2. The average Bonchev–Trinajstić information content (AvgIpc) is 2.45. The molecule has 0 N–H and O–H groups in total. The van der Waals surface area contributed by atoms with Gasteiger partial charge in [0.15, 0.2) is 14.4 Å². The third-order valence-corrected chi connectivity index (χ3v) is 8.83. The zero-order chi connectivity index (χ0) is 18.6. The van der Waals surface area contributed by atoms with Crippen LogP contribution in [0.1, 0.15) is 5.56 Å². The highest BCUT2D eigenvalue weighted by atomic mass is 35.6. The molecule has 1 nitrogen and oxygen atoms in total. The van der Waals surface area contributed by atoms with Crippen LogP contribution in [-0.2, 0) is 9.44 Å². The van der Waals surface area contributed by atoms with E-state index in [0.29, 0.717) is 10.8 Å². The fraction of sp³-hybridized carbons (Fsp3) is 0.286. The van der Waals surface area contributed by atoms with E-state index in [-0.39, 0.29) is 11.3 Å². The molecule has 0 aliphatic carbocycles. The van der Waals surface area contributed by atoms with Crippen LogP contribution in [0.25, 0.3) is 10.8 Å². The molecule has 0 bridgehead atoms. The average molecular weight is 509 g/mol. The first-order valence-electron chi connectivity index (χ1n) is 6.14. The van der Waals surface area contributed by atoms with Gasteiger partial charge in [0, 0.05) is 5.39 Å². The highest BCUT2D eigenvalue weighted by Crippen LogP contribution is 2.65. The van der Waals surface area contributed by atoms with E-state index >= 15 is 0 Å². The van der Waals surface area contributed by atoms with Crippen LogP contribution in [0, 0.1) is 0 Å². The molecular weight excluding hydrogens is 503 g/mol. The molecule has 2 aromatic carbocycles. The Kier molecular flexibility index (Phi) is 6.18. The first-order chi connectivity index (χ1) is 10.7. The van der Waals surface area contributed by atoms with Crippen molar-refractivity contribution < 1.29 is 5.11 Å². The smallest absolute Gasteiger partial charge is 0.226 e. The summed E-state index contributed by atoms with van der Waals surface area (Å²) in [4.78, 5) is 0. The van der Waals surface area contributed by atoms with Crippen molar-refractivity contribution in [2.45, 2.75) is 16.8 Å². The van der Waals surface area contributed by atoms with Gasteiger partial charge in [-0.05, 0) is 23.1 Å². The number of hydrogen-bond acceptors (Lipinski definition) is 0. The molecule has 0 saturated carbocycles. The van der Waals surface area contributed by atoms with Crippen LogP contribution in [0.15, 0.2) is 36.4 Å². The largest absolute Gasteiger partial charge is 0.289 e. The Hall–Kier alpha value is 1.11. The van der Waals surface area contributed by atoms with Crippen LogP contribution in [0.4, 0.5) is 0 Å². The molecule has 0 amide bonds. The summed E-state index contributed by atoms with van der Waals surface area (Å²) in [5.74, 6) is -0.238. The Morgan fingerprint density at radius 1 is 0.708 bits per heavy atom. The van der Waals surface area contributed by atoms with E-state index in [1.165, 1.54) is 18.2 Å². The molecule has 10 heteroatoms. The Bertz CT molecular complexity index is 764. The Morgan fingerprint density at radius 2 is 1.29 bits per heavy atom. The predicted molar refractivity (Wildman–Crippen MR) is 107 cm³/mol. The zero-order valence-electron chi connectivity index (χ0n) is 11.3. The van der Waals surface area contributed by atoms with E-state index in [2.05, 4.69) is 0 Å². The number of fused-ring (bicyclic) bond motifs is 1. The third-order valence-electron chi connectivity index (χ3n) is 3.35. The zero-order valence-corrected chi connectivity index (χ0v) is 18.1. The molecule has 0 saturated heterocycles. The third kappa shape index (κ3) is 3.46. The van der Waals surface area contributed by atoms with Gasteiger partial charge in [0.25, 0.3) is 0 Å². The van der Waals surface area contributed by atoms with E-state index in [9.17, 15) is 5.11 Å². The highest BCUT2D eigenvalue weighted by Gasteiger charge is 2.68. The maximum Gasteiger partial charge on any atom is 0.226 e. The maximum atomic E-state index is 12.0. The van der Waals surface area contributed by atoms with Crippen LogP contribution in [0.2, 0.25) is 0 Å². The van der Waals surface area contributed by atoms with Crippen LogP contribution >= 0.6 is 104 Å². The van der Waals surface area contributed by atoms with Crippen molar-refractivity contribution in [1.29, 1.82) is 0 Å². The number of alkyl halides is 9. The summed E-state index contributed by atoms with van der Waals surface area (Å²) in [6, 6.07) is 9.32. The van der Waals surface area contributed by atoms with E-state index in [1.807, 2.05) is 0 Å². The lowest BCUT2D eigenvalue weighted by Gasteiger charge is -2.44. The van der Waals surface area contributed by atoms with Crippen molar-refractivity contribution in [3.63, 3.8) is 0 Å². The SMILES string of the molecule is [O]c1cccc2ccc(C(Cl)(Cl)C(Cl)(Cl)C(Cl)(Cl)C(Cl)(Cl)Cl)cc12. The summed E-state index contributed by atoms with van der Waals surface area (Å²) in [5.41, 5.74) is 0.159. The molecule has 2 rings (SSSR count). The van der Waals surface area contributed by atoms with Crippen LogP contribution in [0.5, 0.6) is 5.75 Å². The first-order valence-corrected chi connectivity index (χ1v) is 9.54. The minimum atomic E-state index is -2.39. The van der Waals surface area contributed by atoms with Gasteiger partial charge >= 0.3 is 0 Å². The molecule has 0 aliphatic rings. The van der Waals surface area contributed by atoms with Crippen molar-refractivity contribution >= 4 is 115 Å². The topological polar surface area (TPSA) is 19.9 Å². The predicted octanol–water partition coefficient (Wildman–Crippen LogP) is 8.33. The van der Waals surface area contributed by atoms with Gasteiger partial charge in [0.1, 0.15) is 0 Å². The quantitative estimate of drug-likeness (QED) is 0.371. The molecule has 0 aliphatic heterocycles. The molecule has 0 fully saturated rings. The highest BCUT2D eigenvalue weighted by molar-refractivity contribution is 6.80. The van der Waals surface area contributed by atoms with Gasteiger partial charge in [0.05, 0.1) is 0 Å². The van der Waals surface area contributed by atoms with Gasteiger partial charge in [-0.25, -0.2) is 0 Å². The first kappa shape index (κ1) is 21.4. The summed E-state index contributed by atoms with van der Waals surface area (Å²) in [6.45, 7) is 0. The molecule has 0 aromatic heterocycles. The van der Waals surface area contributed by atoms with Gasteiger partial charge < -0.3 is 0 Å². The van der Waals surface area contributed by atoms with Gasteiger partial charge in [0.2, 0.25) is 8.13 Å². The fourth-order valence-corrected chi connectivity index (χ4v) is 4.21. The van der Waals surface area contributed by atoms with Crippen molar-refractivity contribution in [1.82, 2.24) is 0 Å². The summed E-state index contributed by atoms with van der Waals surface area (Å²) >= 11 is 54.6. The second kappa shape index (κ2) is 6.93. The van der Waals surface area contributed by atoms with Crippen molar-refractivity contribution in [2.24, 2.45) is 0 Å². The molecule has 0 spiro atoms. The molecule has 0 atom stereocenters. The van der Waals surface area contributed by atoms with Gasteiger partial charge in [-0.1, -0.05) is 129 Å². The molecule has 131 valence electrons. The lowest BCUT2D eigenvalue weighted by Crippen LogP contribution is -2.54. The molecular formula is C14H6Cl9O. The minimum Gasteiger partial charge on any atom is -0.289 e. The number of benzene rings is 2. The summed E-state index contributed by atoms with van der Waals surface area (Å²) < 4.78 is -9.17. The lowest BCUT2D eigenvalue weighted by molar-refractivity contribution is 0.360. The number of halogens is 9. The molecule has 1 radical (unpaired) electrons. The van der Waals surface area contributed by atoms with Crippen molar-refractivity contribution in [3.8, 4) is 5.75 Å². The monoisotopic (exact) mass is 505 g/mol. The number of hydrogen-bond donors (Lipinski definition) is 0. The van der Waals surface area contributed by atoms with Crippen LogP contribution < -0.4 is 0 Å². The van der Waals surface area contributed by atoms with Gasteiger partial charge in [-0.15, -0.1) is 0 Å². The molecule has 0 heterocycles. The molecule has 2 aromatic rings. The van der Waals surface area contributed by atoms with Gasteiger partial charge in [-0.2, -0.15) is 0 Å². The van der Waals surface area contributed by atoms with E-state index in [0.717, 1.165) is 0 Å². The van der Waals surface area contributed by atoms with Crippen LogP contribution in [0.3, 0.4) is 0 Å². The molecule has 0 unspecified atom stereocenters. The summed E-state index contributed by atoms with van der Waals surface area (Å²) in [7, 11) is 0. The molecule has 24 heavy (non-hydrogen) atoms. The van der Waals surface area contributed by atoms with Crippen LogP contribution in [-0.4, -0.2) is 12.5 Å². The standard InChI is InChI=1S/C14H6Cl9O/c15-11(16,12(17,18)13(19,20)14(21,22)23)8-5-4-7-2-1-3-10(24)9(7)6-8/h1-6H. The maximum absolute atomic E-state index is 12.0. The van der Waals surface area contributed by atoms with Crippen molar-refractivity contribution in [3.05, 3.63) is 42.0 Å². The van der Waals surface area contributed by atoms with E-state index < -0.39 is 16.8 Å². The van der Waals surface area contributed by atoms with Gasteiger partial charge in [-0.3, -0.25) is 5.11 Å². The summed E-state index contributed by atoms with van der Waals surface area (Å²) in [6.07, 6.45) is 0.